The van der Waals surface area contributed by atoms with Crippen molar-refractivity contribution in [2.45, 2.75) is 6.92 Å². The number of hydrogen-bond donors (Lipinski definition) is 0. The van der Waals surface area contributed by atoms with E-state index < -0.39 is 5.97 Å². The molecule has 5 heteroatoms. The lowest BCUT2D eigenvalue weighted by Crippen LogP contribution is -2.07. The number of ether oxygens (including phenoxy) is 2. The van der Waals surface area contributed by atoms with Crippen molar-refractivity contribution in [3.8, 4) is 5.75 Å². The Hall–Kier alpha value is -2.40. The van der Waals surface area contributed by atoms with Gasteiger partial charge in [0.15, 0.2) is 5.70 Å². The Balaban J connectivity index is 1.98. The summed E-state index contributed by atoms with van der Waals surface area (Å²) in [5.41, 5.74) is 1.79. The monoisotopic (exact) mass is 371 g/mol. The van der Waals surface area contributed by atoms with Crippen molar-refractivity contribution in [1.82, 2.24) is 0 Å². The highest BCUT2D eigenvalue weighted by atomic mass is 79.9. The Morgan fingerprint density at radius 2 is 1.91 bits per heavy atom. The average molecular weight is 372 g/mol. The molecule has 1 aliphatic heterocycles. The fourth-order valence-corrected chi connectivity index (χ4v) is 2.59. The van der Waals surface area contributed by atoms with Crippen LogP contribution in [0.3, 0.4) is 0 Å². The zero-order valence-corrected chi connectivity index (χ0v) is 14.0. The zero-order chi connectivity index (χ0) is 16.2. The van der Waals surface area contributed by atoms with Crippen molar-refractivity contribution in [3.05, 3.63) is 69.8 Å². The van der Waals surface area contributed by atoms with Gasteiger partial charge in [-0.3, -0.25) is 0 Å². The van der Waals surface area contributed by atoms with Crippen LogP contribution in [0.25, 0.3) is 6.08 Å². The van der Waals surface area contributed by atoms with Crippen molar-refractivity contribution in [2.75, 3.05) is 6.61 Å². The lowest BCUT2D eigenvalue weighted by Gasteiger charge is -2.08. The largest absolute Gasteiger partial charge is 0.493 e. The lowest BCUT2D eigenvalue weighted by atomic mass is 10.2. The fraction of sp³-hybridized carbons (Fsp3) is 0.111. The molecule has 0 aliphatic carbocycles. The predicted octanol–water partition coefficient (Wildman–Crippen LogP) is 4.19. The van der Waals surface area contributed by atoms with Crippen molar-refractivity contribution >= 4 is 33.9 Å². The van der Waals surface area contributed by atoms with E-state index in [2.05, 4.69) is 20.9 Å². The maximum Gasteiger partial charge on any atom is 0.363 e. The topological polar surface area (TPSA) is 47.9 Å². The molecule has 2 aromatic rings. The molecule has 3 rings (SSSR count). The van der Waals surface area contributed by atoms with E-state index in [1.54, 1.807) is 6.08 Å². The van der Waals surface area contributed by atoms with Crippen LogP contribution in [0.4, 0.5) is 0 Å². The third-order valence-electron chi connectivity index (χ3n) is 3.24. The van der Waals surface area contributed by atoms with Gasteiger partial charge in [-0.1, -0.05) is 46.3 Å². The summed E-state index contributed by atoms with van der Waals surface area (Å²) < 4.78 is 11.8. The summed E-state index contributed by atoms with van der Waals surface area (Å²) >= 11 is 3.45. The van der Waals surface area contributed by atoms with Gasteiger partial charge in [-0.2, -0.15) is 0 Å². The Morgan fingerprint density at radius 3 is 2.70 bits per heavy atom. The van der Waals surface area contributed by atoms with E-state index >= 15 is 0 Å². The number of cyclic esters (lactones) is 1. The van der Waals surface area contributed by atoms with Gasteiger partial charge in [0.05, 0.1) is 12.2 Å². The summed E-state index contributed by atoms with van der Waals surface area (Å²) in [5, 5.41) is 0. The van der Waals surface area contributed by atoms with E-state index in [0.29, 0.717) is 17.9 Å². The second kappa shape index (κ2) is 6.79. The Morgan fingerprint density at radius 1 is 1.17 bits per heavy atom. The number of aliphatic imine (C=N–C) groups is 1. The third-order valence-corrected chi connectivity index (χ3v) is 3.96. The van der Waals surface area contributed by atoms with Crippen molar-refractivity contribution in [1.29, 1.82) is 0 Å². The molecule has 1 heterocycles. The number of hydrogen-bond acceptors (Lipinski definition) is 4. The minimum atomic E-state index is -0.470. The number of para-hydroxylation sites is 1. The highest BCUT2D eigenvalue weighted by Gasteiger charge is 2.26. The van der Waals surface area contributed by atoms with Crippen LogP contribution in [-0.2, 0) is 9.53 Å². The number of carbonyl (C=O) groups is 1. The van der Waals surface area contributed by atoms with E-state index in [0.717, 1.165) is 10.0 Å². The van der Waals surface area contributed by atoms with Crippen LogP contribution in [0.1, 0.15) is 18.1 Å². The van der Waals surface area contributed by atoms with Gasteiger partial charge in [-0.15, -0.1) is 0 Å². The van der Waals surface area contributed by atoms with Gasteiger partial charge in [0.1, 0.15) is 5.75 Å². The number of nitrogens with zero attached hydrogens (tertiary/aromatic N) is 1. The van der Waals surface area contributed by atoms with E-state index in [1.807, 2.05) is 55.5 Å². The standard InChI is InChI=1S/C18H14BrNO3/c1-2-22-16-10-6-4-8-13(16)17-20-15(18(21)23-17)11-12-7-3-5-9-14(12)19/h3-11H,2H2,1H3/b15-11+. The molecule has 0 fully saturated rings. The Bertz CT molecular complexity index is 811. The molecule has 2 aromatic carbocycles. The quantitative estimate of drug-likeness (QED) is 0.597. The fourth-order valence-electron chi connectivity index (χ4n) is 2.19. The molecule has 0 aromatic heterocycles. The highest BCUT2D eigenvalue weighted by Crippen LogP contribution is 2.26. The first-order chi connectivity index (χ1) is 11.2. The van der Waals surface area contributed by atoms with Crippen LogP contribution < -0.4 is 4.74 Å². The van der Waals surface area contributed by atoms with Crippen LogP contribution in [0, 0.1) is 0 Å². The van der Waals surface area contributed by atoms with Crippen molar-refractivity contribution in [2.24, 2.45) is 4.99 Å². The Kier molecular flexibility index (Phi) is 4.57. The summed E-state index contributed by atoms with van der Waals surface area (Å²) in [6, 6.07) is 15.0. The number of carbonyl (C=O) groups excluding carboxylic acids is 1. The molecule has 116 valence electrons. The summed E-state index contributed by atoms with van der Waals surface area (Å²) in [7, 11) is 0. The predicted molar refractivity (Wildman–Crippen MR) is 92.4 cm³/mol. The average Bonchev–Trinajstić information content (AvgIpc) is 2.91. The van der Waals surface area contributed by atoms with E-state index in [-0.39, 0.29) is 11.6 Å². The van der Waals surface area contributed by atoms with Crippen LogP contribution in [0.2, 0.25) is 0 Å². The van der Waals surface area contributed by atoms with E-state index in [4.69, 9.17) is 9.47 Å². The number of halogens is 1. The Labute approximate surface area is 142 Å². The summed E-state index contributed by atoms with van der Waals surface area (Å²) in [6.45, 7) is 2.43. The molecule has 0 unspecified atom stereocenters. The minimum absolute atomic E-state index is 0.261. The lowest BCUT2D eigenvalue weighted by molar-refractivity contribution is -0.129. The molecule has 0 bridgehead atoms. The van der Waals surface area contributed by atoms with Gasteiger partial charge >= 0.3 is 5.97 Å². The van der Waals surface area contributed by atoms with Crippen LogP contribution in [0.15, 0.2) is 63.7 Å². The van der Waals surface area contributed by atoms with Gasteiger partial charge in [0.2, 0.25) is 5.90 Å². The second-order valence-corrected chi connectivity index (χ2v) is 5.64. The first kappa shape index (κ1) is 15.5. The van der Waals surface area contributed by atoms with Gasteiger partial charge < -0.3 is 9.47 Å². The van der Waals surface area contributed by atoms with Gasteiger partial charge in [0, 0.05) is 4.47 Å². The minimum Gasteiger partial charge on any atom is -0.493 e. The molecule has 23 heavy (non-hydrogen) atoms. The second-order valence-electron chi connectivity index (χ2n) is 4.79. The first-order valence-corrected chi connectivity index (χ1v) is 7.97. The highest BCUT2D eigenvalue weighted by molar-refractivity contribution is 9.10. The van der Waals surface area contributed by atoms with Crippen molar-refractivity contribution < 1.29 is 14.3 Å². The summed E-state index contributed by atoms with van der Waals surface area (Å²) in [4.78, 5) is 16.4. The van der Waals surface area contributed by atoms with Crippen molar-refractivity contribution in [3.63, 3.8) is 0 Å². The van der Waals surface area contributed by atoms with Crippen LogP contribution >= 0.6 is 15.9 Å². The molecule has 0 N–H and O–H groups in total. The SMILES string of the molecule is CCOc1ccccc1C1=N/C(=C/c2ccccc2Br)C(=O)O1. The molecule has 0 saturated heterocycles. The van der Waals surface area contributed by atoms with Gasteiger partial charge in [0.25, 0.3) is 0 Å². The van der Waals surface area contributed by atoms with Gasteiger partial charge in [-0.25, -0.2) is 9.79 Å². The molecule has 0 atom stereocenters. The van der Waals surface area contributed by atoms with Gasteiger partial charge in [-0.05, 0) is 36.8 Å². The molecule has 0 amide bonds. The first-order valence-electron chi connectivity index (χ1n) is 7.18. The molecular formula is C18H14BrNO3. The molecule has 1 aliphatic rings. The normalized spacial score (nSPS) is 15.5. The zero-order valence-electron chi connectivity index (χ0n) is 12.5. The van der Waals surface area contributed by atoms with E-state index in [9.17, 15) is 4.79 Å². The summed E-state index contributed by atoms with van der Waals surface area (Å²) in [6.07, 6.45) is 1.70. The van der Waals surface area contributed by atoms with Crippen LogP contribution in [-0.4, -0.2) is 18.5 Å². The molecule has 4 nitrogen and oxygen atoms in total. The maximum atomic E-state index is 12.1. The molecule has 0 saturated carbocycles. The van der Waals surface area contributed by atoms with Crippen LogP contribution in [0.5, 0.6) is 5.75 Å². The third kappa shape index (κ3) is 3.35. The molecule has 0 spiro atoms. The summed E-state index contributed by atoms with van der Waals surface area (Å²) in [5.74, 6) is 0.433. The number of esters is 1. The smallest absolute Gasteiger partial charge is 0.363 e. The van der Waals surface area contributed by atoms with E-state index in [1.165, 1.54) is 0 Å². The molecule has 0 radical (unpaired) electrons. The molecular weight excluding hydrogens is 358 g/mol. The number of rotatable bonds is 4. The number of benzene rings is 2. The maximum absolute atomic E-state index is 12.1.